The fourth-order valence-corrected chi connectivity index (χ4v) is 5.13. The molecule has 0 saturated carbocycles. The summed E-state index contributed by atoms with van der Waals surface area (Å²) in [5, 5.41) is 19.3. The Bertz CT molecular complexity index is 1070. The first-order valence-electron chi connectivity index (χ1n) is 15.6. The Labute approximate surface area is 264 Å². The van der Waals surface area contributed by atoms with Crippen molar-refractivity contribution in [1.29, 1.82) is 5.41 Å². The van der Waals surface area contributed by atoms with Crippen LogP contribution in [0, 0.1) is 11.3 Å². The molecule has 4 amide bonds. The average molecular weight is 634 g/mol. The molecule has 0 spiro atoms. The Morgan fingerprint density at radius 2 is 1.64 bits per heavy atom. The van der Waals surface area contributed by atoms with Crippen molar-refractivity contribution < 1.29 is 28.7 Å². The van der Waals surface area contributed by atoms with Gasteiger partial charge in [-0.15, -0.1) is 0 Å². The minimum absolute atomic E-state index is 0.104. The molecule has 15 nitrogen and oxygen atoms in total. The molecular weight excluding hydrogens is 582 g/mol. The van der Waals surface area contributed by atoms with Crippen LogP contribution >= 0.6 is 0 Å². The summed E-state index contributed by atoms with van der Waals surface area (Å²) in [7, 11) is 0. The van der Waals surface area contributed by atoms with Crippen LogP contribution < -0.4 is 44.2 Å². The molecule has 4 unspecified atom stereocenters. The van der Waals surface area contributed by atoms with Crippen LogP contribution in [0.2, 0.25) is 0 Å². The number of carbonyl (C=O) groups excluding carboxylic acids is 4. The van der Waals surface area contributed by atoms with E-state index in [-0.39, 0.29) is 49.3 Å². The van der Waals surface area contributed by atoms with Gasteiger partial charge in [-0.3, -0.25) is 19.8 Å². The summed E-state index contributed by atoms with van der Waals surface area (Å²) in [6.45, 7) is 2.02. The molecule has 13 N–H and O–H groups in total. The number of hydrogen-bond acceptors (Lipinski definition) is 9. The topological polar surface area (TPSA) is 263 Å². The summed E-state index contributed by atoms with van der Waals surface area (Å²) in [5.74, 6) is -1.27. The van der Waals surface area contributed by atoms with Crippen molar-refractivity contribution in [2.24, 2.45) is 28.9 Å². The Morgan fingerprint density at radius 1 is 0.933 bits per heavy atom. The third-order valence-corrected chi connectivity index (χ3v) is 7.65. The highest BCUT2D eigenvalue weighted by atomic mass is 16.5. The van der Waals surface area contributed by atoms with Gasteiger partial charge in [0.05, 0.1) is 18.7 Å². The minimum Gasteiger partial charge on any atom is -0.450 e. The van der Waals surface area contributed by atoms with E-state index in [2.05, 4.69) is 21.3 Å². The van der Waals surface area contributed by atoms with Crippen molar-refractivity contribution in [3.63, 3.8) is 0 Å². The summed E-state index contributed by atoms with van der Waals surface area (Å²) in [6.07, 6.45) is 3.94. The van der Waals surface area contributed by atoms with E-state index < -0.39 is 30.1 Å². The SMILES string of the molecule is N=C(N)NCCCC(CNC(CC1CCOCC1)C(=O)NC(CCCCOC(N)=O)C(N)=O)NC(=O)C(N)Cc1ccccc1. The maximum atomic E-state index is 13.5. The van der Waals surface area contributed by atoms with Gasteiger partial charge in [0, 0.05) is 32.3 Å². The van der Waals surface area contributed by atoms with Crippen molar-refractivity contribution in [3.8, 4) is 0 Å². The summed E-state index contributed by atoms with van der Waals surface area (Å²) < 4.78 is 10.2. The Hall–Kier alpha value is -3.95. The highest BCUT2D eigenvalue weighted by molar-refractivity contribution is 5.89. The van der Waals surface area contributed by atoms with Gasteiger partial charge in [-0.25, -0.2) is 4.79 Å². The number of nitrogens with one attached hydrogen (secondary N) is 5. The first kappa shape index (κ1) is 37.2. The predicted molar refractivity (Wildman–Crippen MR) is 170 cm³/mol. The number of guanidine groups is 1. The Morgan fingerprint density at radius 3 is 2.29 bits per heavy atom. The zero-order valence-corrected chi connectivity index (χ0v) is 25.9. The van der Waals surface area contributed by atoms with Crippen molar-refractivity contribution in [2.45, 2.75) is 82.0 Å². The zero-order valence-electron chi connectivity index (χ0n) is 25.9. The van der Waals surface area contributed by atoms with Crippen molar-refractivity contribution in [1.82, 2.24) is 21.3 Å². The van der Waals surface area contributed by atoms with Gasteiger partial charge in [-0.1, -0.05) is 30.3 Å². The monoisotopic (exact) mass is 633 g/mol. The highest BCUT2D eigenvalue weighted by Gasteiger charge is 2.29. The number of amides is 4. The molecule has 0 bridgehead atoms. The molecule has 1 aromatic carbocycles. The van der Waals surface area contributed by atoms with Crippen molar-refractivity contribution in [3.05, 3.63) is 35.9 Å². The lowest BCUT2D eigenvalue weighted by atomic mass is 9.91. The lowest BCUT2D eigenvalue weighted by molar-refractivity contribution is -0.129. The van der Waals surface area contributed by atoms with E-state index in [0.717, 1.165) is 18.4 Å². The number of unbranched alkanes of at least 4 members (excludes halogenated alkanes) is 1. The van der Waals surface area contributed by atoms with Gasteiger partial charge in [-0.05, 0) is 69.3 Å². The lowest BCUT2D eigenvalue weighted by Crippen LogP contribution is -2.55. The van der Waals surface area contributed by atoms with Gasteiger partial charge in [0.15, 0.2) is 5.96 Å². The molecule has 45 heavy (non-hydrogen) atoms. The second-order valence-corrected chi connectivity index (χ2v) is 11.4. The molecule has 0 aromatic heterocycles. The summed E-state index contributed by atoms with van der Waals surface area (Å²) in [4.78, 5) is 49.6. The van der Waals surface area contributed by atoms with Gasteiger partial charge in [0.1, 0.15) is 6.04 Å². The first-order chi connectivity index (χ1) is 21.5. The molecule has 1 heterocycles. The molecule has 4 atom stereocenters. The normalized spacial score (nSPS) is 16.0. The number of nitrogens with two attached hydrogens (primary N) is 4. The van der Waals surface area contributed by atoms with E-state index in [1.807, 2.05) is 30.3 Å². The zero-order chi connectivity index (χ0) is 33.0. The van der Waals surface area contributed by atoms with Crippen LogP contribution in [-0.4, -0.2) is 86.9 Å². The molecule has 0 radical (unpaired) electrons. The van der Waals surface area contributed by atoms with Crippen LogP contribution in [0.4, 0.5) is 4.79 Å². The molecule has 2 rings (SSSR count). The van der Waals surface area contributed by atoms with Crippen LogP contribution in [0.1, 0.15) is 56.9 Å². The Kier molecular flexibility index (Phi) is 17.3. The second kappa shape index (κ2) is 20.9. The number of carbonyl (C=O) groups is 4. The summed E-state index contributed by atoms with van der Waals surface area (Å²) in [6, 6.07) is 6.77. The van der Waals surface area contributed by atoms with E-state index >= 15 is 0 Å². The van der Waals surface area contributed by atoms with Crippen LogP contribution in [0.3, 0.4) is 0 Å². The first-order valence-corrected chi connectivity index (χ1v) is 15.6. The van der Waals surface area contributed by atoms with E-state index in [1.54, 1.807) is 0 Å². The molecule has 1 aliphatic heterocycles. The molecule has 1 aromatic rings. The largest absolute Gasteiger partial charge is 0.450 e. The van der Waals surface area contributed by atoms with E-state index in [4.69, 9.17) is 37.8 Å². The lowest BCUT2D eigenvalue weighted by Gasteiger charge is -2.29. The maximum Gasteiger partial charge on any atom is 0.404 e. The van der Waals surface area contributed by atoms with Gasteiger partial charge in [0.25, 0.3) is 0 Å². The standard InChI is InChI=1S/C30H51N9O6/c31-23(17-20-7-2-1-3-8-20)27(41)38-22(9-6-13-36-29(33)34)19-37-25(18-21-11-15-44-16-12-21)28(42)39-24(26(32)40)10-4-5-14-45-30(35)43/h1-3,7-8,21-25,37H,4-6,9-19,31H2,(H2,32,40)(H2,35,43)(H,38,41)(H,39,42)(H4,33,34,36). The van der Waals surface area contributed by atoms with Crippen LogP contribution in [-0.2, 0) is 30.3 Å². The second-order valence-electron chi connectivity index (χ2n) is 11.4. The molecule has 15 heteroatoms. The number of primary amides is 2. The maximum absolute atomic E-state index is 13.5. The average Bonchev–Trinajstić information content (AvgIpc) is 3.00. The molecule has 252 valence electrons. The molecular formula is C30H51N9O6. The molecule has 1 saturated heterocycles. The molecule has 1 fully saturated rings. The van der Waals surface area contributed by atoms with Crippen molar-refractivity contribution in [2.75, 3.05) is 32.9 Å². The summed E-state index contributed by atoms with van der Waals surface area (Å²) in [5.41, 5.74) is 23.2. The van der Waals surface area contributed by atoms with E-state index in [9.17, 15) is 19.2 Å². The van der Waals surface area contributed by atoms with Gasteiger partial charge < -0.3 is 53.7 Å². The predicted octanol–water partition coefficient (Wildman–Crippen LogP) is -0.685. The minimum atomic E-state index is -0.908. The van der Waals surface area contributed by atoms with E-state index in [0.29, 0.717) is 58.3 Å². The smallest absolute Gasteiger partial charge is 0.404 e. The summed E-state index contributed by atoms with van der Waals surface area (Å²) >= 11 is 0. The van der Waals surface area contributed by atoms with Crippen LogP contribution in [0.5, 0.6) is 0 Å². The van der Waals surface area contributed by atoms with Gasteiger partial charge in [-0.2, -0.15) is 0 Å². The molecule has 1 aliphatic rings. The van der Waals surface area contributed by atoms with Crippen molar-refractivity contribution >= 4 is 29.8 Å². The quantitative estimate of drug-likeness (QED) is 0.0467. The fourth-order valence-electron chi connectivity index (χ4n) is 5.13. The van der Waals surface area contributed by atoms with Crippen LogP contribution in [0.25, 0.3) is 0 Å². The number of rotatable bonds is 21. The Balaban J connectivity index is 2.08. The third-order valence-electron chi connectivity index (χ3n) is 7.65. The highest BCUT2D eigenvalue weighted by Crippen LogP contribution is 2.20. The van der Waals surface area contributed by atoms with Gasteiger partial charge >= 0.3 is 6.09 Å². The number of benzene rings is 1. The van der Waals surface area contributed by atoms with Gasteiger partial charge in [0.2, 0.25) is 17.7 Å². The van der Waals surface area contributed by atoms with E-state index in [1.165, 1.54) is 0 Å². The fraction of sp³-hybridized carbons (Fsp3) is 0.633. The molecule has 0 aliphatic carbocycles. The number of hydrogen-bond donors (Lipinski definition) is 9. The van der Waals surface area contributed by atoms with Crippen LogP contribution in [0.15, 0.2) is 30.3 Å². The third kappa shape index (κ3) is 16.1. The number of ether oxygens (including phenoxy) is 2.